The summed E-state index contributed by atoms with van der Waals surface area (Å²) in [4.78, 5) is 0.431. The fraction of sp³-hybridized carbons (Fsp3) is 0.700. The molecule has 0 aromatic heterocycles. The number of likely N-dealkylation sites (N-methyl/N-ethyl adjacent to an activating group) is 1. The molecule has 0 unspecified atom stereocenters. The van der Waals surface area contributed by atoms with Crippen molar-refractivity contribution in [2.24, 2.45) is 0 Å². The normalized spacial score (nSPS) is 13.0. The van der Waals surface area contributed by atoms with Crippen molar-refractivity contribution in [1.29, 1.82) is 0 Å². The maximum Gasteiger partial charge on any atom is 0.243 e. The van der Waals surface area contributed by atoms with Crippen molar-refractivity contribution in [3.8, 4) is 0 Å². The van der Waals surface area contributed by atoms with E-state index < -0.39 is 16.3 Å². The third-order valence-electron chi connectivity index (χ3n) is 4.68. The van der Waals surface area contributed by atoms with E-state index in [9.17, 15) is 8.42 Å². The maximum absolute atomic E-state index is 13.4. The Morgan fingerprint density at radius 1 is 0.885 bits per heavy atom. The molecule has 0 saturated heterocycles. The first-order chi connectivity index (χ1) is 12.0. The lowest BCUT2D eigenvalue weighted by atomic mass is 9.89. The van der Waals surface area contributed by atoms with Gasteiger partial charge in [0.15, 0.2) is 6.29 Å². The molecule has 5 nitrogen and oxygen atoms in total. The van der Waals surface area contributed by atoms with Crippen LogP contribution in [-0.2, 0) is 19.5 Å². The van der Waals surface area contributed by atoms with Crippen LogP contribution in [0.1, 0.15) is 76.0 Å². The summed E-state index contributed by atoms with van der Waals surface area (Å²) < 4.78 is 38.6. The molecule has 0 bridgehead atoms. The summed E-state index contributed by atoms with van der Waals surface area (Å²) in [5, 5.41) is 0. The third kappa shape index (κ3) is 5.06. The standard InChI is InChI=1S/C20H35NO4S/c1-13(2)16-10-17(14(3)4)20(18(11-16)15(5)6)26(22,23)21(7)12-19(24-8)25-9/h10-11,13-15,19H,12H2,1-9H3. The molecule has 0 aliphatic rings. The van der Waals surface area contributed by atoms with Crippen molar-refractivity contribution in [1.82, 2.24) is 4.31 Å². The Kier molecular flexibility index (Phi) is 8.27. The predicted molar refractivity (Wildman–Crippen MR) is 106 cm³/mol. The highest BCUT2D eigenvalue weighted by molar-refractivity contribution is 7.89. The van der Waals surface area contributed by atoms with Gasteiger partial charge >= 0.3 is 0 Å². The van der Waals surface area contributed by atoms with Gasteiger partial charge in [-0.2, -0.15) is 4.31 Å². The Bertz CT molecular complexity index is 663. The van der Waals surface area contributed by atoms with Gasteiger partial charge in [0.05, 0.1) is 11.4 Å². The molecular weight excluding hydrogens is 350 g/mol. The van der Waals surface area contributed by atoms with E-state index in [1.165, 1.54) is 24.1 Å². The van der Waals surface area contributed by atoms with Gasteiger partial charge in [-0.3, -0.25) is 0 Å². The lowest BCUT2D eigenvalue weighted by molar-refractivity contribution is -0.106. The van der Waals surface area contributed by atoms with E-state index in [-0.39, 0.29) is 18.4 Å². The van der Waals surface area contributed by atoms with Gasteiger partial charge in [0.1, 0.15) is 0 Å². The minimum absolute atomic E-state index is 0.102. The average Bonchev–Trinajstić information content (AvgIpc) is 2.57. The molecule has 1 rings (SSSR count). The van der Waals surface area contributed by atoms with Gasteiger partial charge in [-0.1, -0.05) is 53.7 Å². The van der Waals surface area contributed by atoms with Gasteiger partial charge in [-0.25, -0.2) is 8.42 Å². The lowest BCUT2D eigenvalue weighted by Gasteiger charge is -2.27. The minimum Gasteiger partial charge on any atom is -0.355 e. The number of nitrogens with zero attached hydrogens (tertiary/aromatic N) is 1. The van der Waals surface area contributed by atoms with Crippen LogP contribution in [0.15, 0.2) is 17.0 Å². The molecule has 150 valence electrons. The Balaban J connectivity index is 3.62. The van der Waals surface area contributed by atoms with E-state index in [0.717, 1.165) is 11.1 Å². The second-order valence-corrected chi connectivity index (χ2v) is 9.66. The molecule has 0 spiro atoms. The molecule has 0 N–H and O–H groups in total. The van der Waals surface area contributed by atoms with E-state index in [4.69, 9.17) is 9.47 Å². The zero-order valence-electron chi connectivity index (χ0n) is 17.7. The van der Waals surface area contributed by atoms with Gasteiger partial charge in [-0.05, 0) is 34.4 Å². The van der Waals surface area contributed by atoms with Crippen molar-refractivity contribution in [2.75, 3.05) is 27.8 Å². The first-order valence-electron chi connectivity index (χ1n) is 9.16. The fourth-order valence-electron chi connectivity index (χ4n) is 2.90. The van der Waals surface area contributed by atoms with Crippen LogP contribution in [0.5, 0.6) is 0 Å². The fourth-order valence-corrected chi connectivity index (χ4v) is 4.71. The second kappa shape index (κ2) is 9.31. The molecule has 0 saturated carbocycles. The highest BCUT2D eigenvalue weighted by Gasteiger charge is 2.31. The number of methoxy groups -OCH3 is 2. The third-order valence-corrected chi connectivity index (χ3v) is 6.64. The van der Waals surface area contributed by atoms with E-state index in [1.807, 2.05) is 39.8 Å². The van der Waals surface area contributed by atoms with Crippen LogP contribution in [0.2, 0.25) is 0 Å². The Morgan fingerprint density at radius 3 is 1.62 bits per heavy atom. The van der Waals surface area contributed by atoms with Crippen LogP contribution in [-0.4, -0.2) is 46.8 Å². The second-order valence-electron chi connectivity index (χ2n) is 7.68. The molecule has 0 fully saturated rings. The van der Waals surface area contributed by atoms with Crippen LogP contribution in [0, 0.1) is 0 Å². The molecule has 1 aromatic rings. The van der Waals surface area contributed by atoms with Gasteiger partial charge < -0.3 is 9.47 Å². The molecule has 1 aromatic carbocycles. The lowest BCUT2D eigenvalue weighted by Crippen LogP contribution is -2.37. The average molecular weight is 386 g/mol. The van der Waals surface area contributed by atoms with Crippen LogP contribution < -0.4 is 0 Å². The van der Waals surface area contributed by atoms with E-state index >= 15 is 0 Å². The summed E-state index contributed by atoms with van der Waals surface area (Å²) in [5.74, 6) is 0.542. The van der Waals surface area contributed by atoms with Crippen LogP contribution in [0.4, 0.5) is 0 Å². The summed E-state index contributed by atoms with van der Waals surface area (Å²) >= 11 is 0. The molecule has 0 atom stereocenters. The zero-order valence-corrected chi connectivity index (χ0v) is 18.5. The number of sulfonamides is 1. The molecule has 0 aliphatic heterocycles. The summed E-state index contributed by atoms with van der Waals surface area (Å²) in [5.41, 5.74) is 2.92. The molecule has 0 radical (unpaired) electrons. The molecule has 0 heterocycles. The van der Waals surface area contributed by atoms with Crippen LogP contribution in [0.3, 0.4) is 0 Å². The van der Waals surface area contributed by atoms with Crippen LogP contribution in [0.25, 0.3) is 0 Å². The van der Waals surface area contributed by atoms with Gasteiger partial charge in [0.2, 0.25) is 10.0 Å². The molecule has 6 heteroatoms. The molecule has 0 aliphatic carbocycles. The highest BCUT2D eigenvalue weighted by atomic mass is 32.2. The first-order valence-corrected chi connectivity index (χ1v) is 10.6. The number of hydrogen-bond acceptors (Lipinski definition) is 4. The Hall–Kier alpha value is -0.950. The van der Waals surface area contributed by atoms with Crippen LogP contribution >= 0.6 is 0 Å². The molecular formula is C20H35NO4S. The Labute approximate surface area is 159 Å². The van der Waals surface area contributed by atoms with E-state index in [2.05, 4.69) is 13.8 Å². The van der Waals surface area contributed by atoms with E-state index in [1.54, 1.807) is 7.05 Å². The maximum atomic E-state index is 13.4. The van der Waals surface area contributed by atoms with Gasteiger partial charge in [0.25, 0.3) is 0 Å². The quantitative estimate of drug-likeness (QED) is 0.595. The SMILES string of the molecule is COC(CN(C)S(=O)(=O)c1c(C(C)C)cc(C(C)C)cc1C(C)C)OC. The largest absolute Gasteiger partial charge is 0.355 e. The molecule has 26 heavy (non-hydrogen) atoms. The number of rotatable bonds is 9. The number of hydrogen-bond donors (Lipinski definition) is 0. The summed E-state index contributed by atoms with van der Waals surface area (Å²) in [6.07, 6.45) is -0.602. The van der Waals surface area contributed by atoms with Crippen molar-refractivity contribution in [3.05, 3.63) is 28.8 Å². The van der Waals surface area contributed by atoms with Crippen molar-refractivity contribution >= 4 is 10.0 Å². The van der Waals surface area contributed by atoms with Crippen molar-refractivity contribution < 1.29 is 17.9 Å². The van der Waals surface area contributed by atoms with Crippen molar-refractivity contribution in [2.45, 2.75) is 70.5 Å². The smallest absolute Gasteiger partial charge is 0.243 e. The first kappa shape index (κ1) is 23.1. The topological polar surface area (TPSA) is 55.8 Å². The van der Waals surface area contributed by atoms with Gasteiger partial charge in [0, 0.05) is 21.3 Å². The monoisotopic (exact) mass is 385 g/mol. The summed E-state index contributed by atoms with van der Waals surface area (Å²) in [7, 11) is 0.910. The van der Waals surface area contributed by atoms with Gasteiger partial charge in [-0.15, -0.1) is 0 Å². The molecule has 0 amide bonds. The predicted octanol–water partition coefficient (Wildman–Crippen LogP) is 4.30. The number of ether oxygens (including phenoxy) is 2. The minimum atomic E-state index is -3.67. The van der Waals surface area contributed by atoms with E-state index in [0.29, 0.717) is 10.8 Å². The summed E-state index contributed by atoms with van der Waals surface area (Å²) in [6.45, 7) is 12.5. The Morgan fingerprint density at radius 2 is 1.31 bits per heavy atom. The summed E-state index contributed by atoms with van der Waals surface area (Å²) in [6, 6.07) is 4.10. The highest BCUT2D eigenvalue weighted by Crippen LogP contribution is 2.36. The van der Waals surface area contributed by atoms with Crippen molar-refractivity contribution in [3.63, 3.8) is 0 Å². The zero-order chi connectivity index (χ0) is 20.2. The number of benzene rings is 1.